The summed E-state index contributed by atoms with van der Waals surface area (Å²) in [6.07, 6.45) is 0.661. The third-order valence-corrected chi connectivity index (χ3v) is 4.30. The molecule has 1 aromatic rings. The van der Waals surface area contributed by atoms with E-state index in [-0.39, 0.29) is 17.2 Å². The lowest BCUT2D eigenvalue weighted by molar-refractivity contribution is 0.316. The molecule has 0 radical (unpaired) electrons. The smallest absolute Gasteiger partial charge is 0.240 e. The highest BCUT2D eigenvalue weighted by Gasteiger charge is 2.20. The van der Waals surface area contributed by atoms with Gasteiger partial charge in [-0.2, -0.15) is 0 Å². The summed E-state index contributed by atoms with van der Waals surface area (Å²) in [7, 11) is -2.14. The summed E-state index contributed by atoms with van der Waals surface area (Å²) in [5, 5.41) is 11.4. The highest BCUT2D eigenvalue weighted by molar-refractivity contribution is 7.89. The highest BCUT2D eigenvalue weighted by Crippen LogP contribution is 2.16. The van der Waals surface area contributed by atoms with Gasteiger partial charge in [-0.25, -0.2) is 13.1 Å². The molecular formula is C12H19N3O4S. The maximum atomic E-state index is 12.2. The maximum absolute atomic E-state index is 12.2. The Hall–Kier alpha value is -1.80. The minimum absolute atomic E-state index is 0.0192. The van der Waals surface area contributed by atoms with E-state index in [4.69, 9.17) is 15.7 Å². The molecular weight excluding hydrogens is 282 g/mol. The molecule has 0 heterocycles. The van der Waals surface area contributed by atoms with E-state index in [2.05, 4.69) is 9.88 Å². The number of rotatable bonds is 7. The van der Waals surface area contributed by atoms with E-state index in [9.17, 15) is 8.42 Å². The average molecular weight is 301 g/mol. The Morgan fingerprint density at radius 3 is 2.50 bits per heavy atom. The van der Waals surface area contributed by atoms with Crippen LogP contribution in [0.5, 0.6) is 5.75 Å². The number of nitrogens with two attached hydrogens (primary N) is 1. The van der Waals surface area contributed by atoms with Crippen molar-refractivity contribution in [2.45, 2.75) is 30.7 Å². The predicted molar refractivity (Wildman–Crippen MR) is 75.4 cm³/mol. The summed E-state index contributed by atoms with van der Waals surface area (Å²) in [5.41, 5.74) is 5.39. The molecule has 7 nitrogen and oxygen atoms in total. The molecule has 0 aliphatic rings. The Kier molecular flexibility index (Phi) is 5.78. The molecule has 1 aromatic carbocycles. The number of benzene rings is 1. The number of hydrogen-bond donors (Lipinski definition) is 3. The lowest BCUT2D eigenvalue weighted by atomic mass is 10.1. The van der Waals surface area contributed by atoms with Gasteiger partial charge in [-0.05, 0) is 30.7 Å². The monoisotopic (exact) mass is 301 g/mol. The molecule has 0 aromatic heterocycles. The third kappa shape index (κ3) is 4.39. The van der Waals surface area contributed by atoms with E-state index in [0.29, 0.717) is 12.2 Å². The van der Waals surface area contributed by atoms with E-state index in [1.165, 1.54) is 19.2 Å². The summed E-state index contributed by atoms with van der Waals surface area (Å²) in [6, 6.07) is 5.62. The second kappa shape index (κ2) is 7.11. The fraction of sp³-hybridized carbons (Fsp3) is 0.417. The van der Waals surface area contributed by atoms with Gasteiger partial charge < -0.3 is 15.7 Å². The summed E-state index contributed by atoms with van der Waals surface area (Å²) in [5.74, 6) is 0.557. The molecule has 0 fully saturated rings. The van der Waals surface area contributed by atoms with Gasteiger partial charge in [0.25, 0.3) is 0 Å². The zero-order chi connectivity index (χ0) is 15.2. The van der Waals surface area contributed by atoms with Gasteiger partial charge in [0.2, 0.25) is 10.0 Å². The number of oxime groups is 1. The fourth-order valence-electron chi connectivity index (χ4n) is 1.60. The molecule has 1 rings (SSSR count). The second-order valence-electron chi connectivity index (χ2n) is 4.20. The number of hydrogen-bond acceptors (Lipinski definition) is 5. The Morgan fingerprint density at radius 1 is 1.45 bits per heavy atom. The van der Waals surface area contributed by atoms with Crippen LogP contribution in [0.4, 0.5) is 0 Å². The van der Waals surface area contributed by atoms with Crippen molar-refractivity contribution < 1.29 is 18.4 Å². The molecule has 0 spiro atoms. The van der Waals surface area contributed by atoms with Gasteiger partial charge in [0.1, 0.15) is 11.6 Å². The molecule has 0 aliphatic heterocycles. The first-order chi connectivity index (χ1) is 9.42. The quantitative estimate of drug-likeness (QED) is 0.299. The van der Waals surface area contributed by atoms with Crippen molar-refractivity contribution in [1.82, 2.24) is 4.72 Å². The lowest BCUT2D eigenvalue weighted by Gasteiger charge is -2.16. The Labute approximate surface area is 118 Å². The van der Waals surface area contributed by atoms with Gasteiger partial charge >= 0.3 is 0 Å². The zero-order valence-electron chi connectivity index (χ0n) is 11.4. The first-order valence-electron chi connectivity index (χ1n) is 6.05. The third-order valence-electron chi connectivity index (χ3n) is 2.77. The van der Waals surface area contributed by atoms with E-state index >= 15 is 0 Å². The average Bonchev–Trinajstić information content (AvgIpc) is 2.46. The molecule has 1 atom stereocenters. The highest BCUT2D eigenvalue weighted by atomic mass is 32.2. The molecule has 20 heavy (non-hydrogen) atoms. The SMILES string of the molecule is CCC(CC(N)=NO)NS(=O)(=O)c1ccc(OC)cc1. The minimum Gasteiger partial charge on any atom is -0.497 e. The first kappa shape index (κ1) is 16.3. The van der Waals surface area contributed by atoms with Crippen LogP contribution in [0.3, 0.4) is 0 Å². The van der Waals surface area contributed by atoms with E-state index in [0.717, 1.165) is 0 Å². The number of amidine groups is 1. The van der Waals surface area contributed by atoms with Crippen LogP contribution in [0.2, 0.25) is 0 Å². The Bertz CT molecular complexity index is 555. The van der Waals surface area contributed by atoms with Gasteiger partial charge in [-0.15, -0.1) is 0 Å². The van der Waals surface area contributed by atoms with Crippen molar-refractivity contribution >= 4 is 15.9 Å². The largest absolute Gasteiger partial charge is 0.497 e. The number of nitrogens with one attached hydrogen (secondary N) is 1. The van der Waals surface area contributed by atoms with Crippen molar-refractivity contribution in [2.75, 3.05) is 7.11 Å². The topological polar surface area (TPSA) is 114 Å². The van der Waals surface area contributed by atoms with E-state index < -0.39 is 16.1 Å². The molecule has 112 valence electrons. The van der Waals surface area contributed by atoms with Crippen LogP contribution in [-0.2, 0) is 10.0 Å². The maximum Gasteiger partial charge on any atom is 0.240 e. The molecule has 0 saturated heterocycles. The second-order valence-corrected chi connectivity index (χ2v) is 5.91. The van der Waals surface area contributed by atoms with Crippen LogP contribution < -0.4 is 15.2 Å². The zero-order valence-corrected chi connectivity index (χ0v) is 12.2. The van der Waals surface area contributed by atoms with E-state index in [1.807, 2.05) is 6.92 Å². The van der Waals surface area contributed by atoms with Crippen LogP contribution in [0, 0.1) is 0 Å². The number of nitrogens with zero attached hydrogens (tertiary/aromatic N) is 1. The summed E-state index contributed by atoms with van der Waals surface area (Å²) < 4.78 is 31.8. The van der Waals surface area contributed by atoms with Crippen LogP contribution in [-0.4, -0.2) is 32.6 Å². The number of ether oxygens (including phenoxy) is 1. The van der Waals surface area contributed by atoms with Gasteiger partial charge in [0.15, 0.2) is 0 Å². The normalized spacial score (nSPS) is 14.0. The number of sulfonamides is 1. The van der Waals surface area contributed by atoms with Gasteiger partial charge in [-0.3, -0.25) is 0 Å². The van der Waals surface area contributed by atoms with Gasteiger partial charge in [-0.1, -0.05) is 12.1 Å². The molecule has 0 bridgehead atoms. The molecule has 4 N–H and O–H groups in total. The molecule has 1 unspecified atom stereocenters. The minimum atomic E-state index is -3.65. The van der Waals surface area contributed by atoms with Crippen molar-refractivity contribution in [3.63, 3.8) is 0 Å². The lowest BCUT2D eigenvalue weighted by Crippen LogP contribution is -2.37. The Balaban J connectivity index is 2.86. The van der Waals surface area contributed by atoms with Crippen molar-refractivity contribution in [2.24, 2.45) is 10.9 Å². The van der Waals surface area contributed by atoms with Crippen LogP contribution >= 0.6 is 0 Å². The summed E-state index contributed by atoms with van der Waals surface area (Å²) in [4.78, 5) is 0.135. The fourth-order valence-corrected chi connectivity index (χ4v) is 2.92. The predicted octanol–water partition coefficient (Wildman–Crippen LogP) is 0.889. The van der Waals surface area contributed by atoms with E-state index in [1.54, 1.807) is 12.1 Å². The number of methoxy groups -OCH3 is 1. The molecule has 8 heteroatoms. The van der Waals surface area contributed by atoms with Crippen molar-refractivity contribution in [1.29, 1.82) is 0 Å². The van der Waals surface area contributed by atoms with Gasteiger partial charge in [0, 0.05) is 12.5 Å². The standard InChI is InChI=1S/C12H19N3O4S/c1-3-9(8-12(13)14-16)15-20(17,18)11-6-4-10(19-2)5-7-11/h4-7,9,15-16H,3,8H2,1-2H3,(H2,13,14). The molecule has 0 aliphatic carbocycles. The summed E-state index contributed by atoms with van der Waals surface area (Å²) in [6.45, 7) is 1.81. The molecule has 0 amide bonds. The van der Waals surface area contributed by atoms with Crippen molar-refractivity contribution in [3.05, 3.63) is 24.3 Å². The Morgan fingerprint density at radius 2 is 2.05 bits per heavy atom. The first-order valence-corrected chi connectivity index (χ1v) is 7.54. The van der Waals surface area contributed by atoms with Crippen LogP contribution in [0.1, 0.15) is 19.8 Å². The van der Waals surface area contributed by atoms with Crippen LogP contribution in [0.15, 0.2) is 34.3 Å². The van der Waals surface area contributed by atoms with Crippen LogP contribution in [0.25, 0.3) is 0 Å². The van der Waals surface area contributed by atoms with Crippen molar-refractivity contribution in [3.8, 4) is 5.75 Å². The summed E-state index contributed by atoms with van der Waals surface area (Å²) >= 11 is 0. The molecule has 0 saturated carbocycles. The van der Waals surface area contributed by atoms with Gasteiger partial charge in [0.05, 0.1) is 12.0 Å².